The number of aromatic nitrogens is 2. The Morgan fingerprint density at radius 1 is 1.19 bits per heavy atom. The Labute approximate surface area is 210 Å². The number of amides is 1. The van der Waals surface area contributed by atoms with Crippen LogP contribution in [0.15, 0.2) is 48.8 Å². The lowest BCUT2D eigenvalue weighted by Gasteiger charge is -2.40. The molecule has 0 aliphatic carbocycles. The molecule has 3 aromatic rings. The van der Waals surface area contributed by atoms with E-state index >= 15 is 0 Å². The van der Waals surface area contributed by atoms with Crippen molar-refractivity contribution in [1.29, 1.82) is 0 Å². The average Bonchev–Trinajstić information content (AvgIpc) is 2.88. The summed E-state index contributed by atoms with van der Waals surface area (Å²) in [7, 11) is 2.85. The largest absolute Gasteiger partial charge is 0.494 e. The molecule has 1 saturated heterocycles. The van der Waals surface area contributed by atoms with Crippen LogP contribution in [0.5, 0.6) is 11.5 Å². The number of hydrogen-bond acceptors (Lipinski definition) is 8. The van der Waals surface area contributed by atoms with Gasteiger partial charge in [0.25, 0.3) is 5.91 Å². The molecule has 0 bridgehead atoms. The van der Waals surface area contributed by atoms with Crippen LogP contribution in [-0.2, 0) is 6.61 Å². The number of methoxy groups -OCH3 is 1. The minimum Gasteiger partial charge on any atom is -0.494 e. The summed E-state index contributed by atoms with van der Waals surface area (Å²) in [5.41, 5.74) is 2.57. The first kappa shape index (κ1) is 25.2. The van der Waals surface area contributed by atoms with Crippen molar-refractivity contribution in [3.8, 4) is 11.5 Å². The van der Waals surface area contributed by atoms with Crippen molar-refractivity contribution in [1.82, 2.24) is 20.6 Å². The van der Waals surface area contributed by atoms with Gasteiger partial charge in [-0.3, -0.25) is 4.79 Å². The van der Waals surface area contributed by atoms with Gasteiger partial charge in [0, 0.05) is 54.7 Å². The van der Waals surface area contributed by atoms with Gasteiger partial charge in [-0.2, -0.15) is 0 Å². The molecule has 1 aromatic heterocycles. The predicted molar refractivity (Wildman–Crippen MR) is 137 cm³/mol. The number of hydrogen-bond donors (Lipinski definition) is 3. The van der Waals surface area contributed by atoms with E-state index in [0.717, 1.165) is 25.3 Å². The Morgan fingerprint density at radius 2 is 1.92 bits per heavy atom. The summed E-state index contributed by atoms with van der Waals surface area (Å²) in [6, 6.07) is 10.9. The van der Waals surface area contributed by atoms with E-state index in [2.05, 4.69) is 56.8 Å². The highest BCUT2D eigenvalue weighted by atomic mass is 19.1. The van der Waals surface area contributed by atoms with Crippen LogP contribution < -0.4 is 30.3 Å². The molecule has 1 fully saturated rings. The van der Waals surface area contributed by atoms with Crippen LogP contribution >= 0.6 is 0 Å². The van der Waals surface area contributed by atoms with Gasteiger partial charge in [0.2, 0.25) is 5.95 Å². The molecule has 3 N–H and O–H groups in total. The highest BCUT2D eigenvalue weighted by Crippen LogP contribution is 2.25. The third-order valence-corrected chi connectivity index (χ3v) is 5.91. The number of nitrogens with one attached hydrogen (secondary N) is 3. The number of ether oxygens (including phenoxy) is 2. The second kappa shape index (κ2) is 10.8. The molecule has 0 unspecified atom stereocenters. The van der Waals surface area contributed by atoms with E-state index in [1.54, 1.807) is 0 Å². The summed E-state index contributed by atoms with van der Waals surface area (Å²) in [5.74, 6) is -0.193. The molecule has 4 rings (SSSR count). The van der Waals surface area contributed by atoms with Crippen molar-refractivity contribution in [2.45, 2.75) is 26.0 Å². The summed E-state index contributed by atoms with van der Waals surface area (Å²) in [5, 5.41) is 9.21. The first-order chi connectivity index (χ1) is 17.3. The zero-order valence-corrected chi connectivity index (χ0v) is 20.9. The Bertz CT molecular complexity index is 1200. The van der Waals surface area contributed by atoms with Crippen molar-refractivity contribution in [2.75, 3.05) is 44.0 Å². The van der Waals surface area contributed by atoms with Crippen LogP contribution in [0.4, 0.5) is 21.7 Å². The van der Waals surface area contributed by atoms with Crippen LogP contribution in [0, 0.1) is 5.82 Å². The lowest BCUT2D eigenvalue weighted by atomic mass is 10.0. The lowest BCUT2D eigenvalue weighted by molar-refractivity contribution is 0.0962. The van der Waals surface area contributed by atoms with Crippen LogP contribution in [0.1, 0.15) is 29.8 Å². The highest BCUT2D eigenvalue weighted by molar-refractivity contribution is 5.94. The summed E-state index contributed by atoms with van der Waals surface area (Å²) in [4.78, 5) is 22.9. The molecule has 0 saturated carbocycles. The van der Waals surface area contributed by atoms with E-state index in [9.17, 15) is 9.18 Å². The van der Waals surface area contributed by atoms with E-state index < -0.39 is 5.82 Å². The fraction of sp³-hybridized carbons (Fsp3) is 0.346. The standard InChI is InChI=1S/C26H31FN6O3/c1-26(2)16-33(10-9-31-26)20-7-5-19(6-8-20)32-25-29-13-21(14-30-25)36-15-18-11-17(24(34)28-3)12-22(35-4)23(18)27/h5-8,11-14,31H,9-10,15-16H2,1-4H3,(H,28,34)(H,29,30,32). The summed E-state index contributed by atoms with van der Waals surface area (Å²) < 4.78 is 25.3. The zero-order valence-electron chi connectivity index (χ0n) is 20.9. The van der Waals surface area contributed by atoms with Gasteiger partial charge in [-0.1, -0.05) is 0 Å². The fourth-order valence-electron chi connectivity index (χ4n) is 4.05. The maximum absolute atomic E-state index is 14.6. The van der Waals surface area contributed by atoms with Crippen LogP contribution in [0.25, 0.3) is 0 Å². The molecule has 10 heteroatoms. The van der Waals surface area contributed by atoms with Gasteiger partial charge >= 0.3 is 0 Å². The van der Waals surface area contributed by atoms with Crippen LogP contribution in [0.3, 0.4) is 0 Å². The van der Waals surface area contributed by atoms with Gasteiger partial charge in [0.05, 0.1) is 19.5 Å². The molecule has 0 atom stereocenters. The monoisotopic (exact) mass is 494 g/mol. The molecule has 2 heterocycles. The topological polar surface area (TPSA) is 101 Å². The summed E-state index contributed by atoms with van der Waals surface area (Å²) >= 11 is 0. The Hall–Kier alpha value is -3.92. The normalized spacial score (nSPS) is 14.8. The molecule has 2 aromatic carbocycles. The number of benzene rings is 2. The first-order valence-corrected chi connectivity index (χ1v) is 11.7. The molecule has 1 aliphatic rings. The number of carbonyl (C=O) groups is 1. The fourth-order valence-corrected chi connectivity index (χ4v) is 4.05. The quantitative estimate of drug-likeness (QED) is 0.438. The Morgan fingerprint density at radius 3 is 2.56 bits per heavy atom. The van der Waals surface area contributed by atoms with E-state index in [4.69, 9.17) is 9.47 Å². The molecule has 190 valence electrons. The summed E-state index contributed by atoms with van der Waals surface area (Å²) in [6.45, 7) is 7.15. The number of piperazine rings is 1. The average molecular weight is 495 g/mol. The summed E-state index contributed by atoms with van der Waals surface area (Å²) in [6.07, 6.45) is 3.01. The molecule has 36 heavy (non-hydrogen) atoms. The number of nitrogens with zero attached hydrogens (tertiary/aromatic N) is 3. The van der Waals surface area contributed by atoms with Gasteiger partial charge in [-0.05, 0) is 50.2 Å². The minimum atomic E-state index is -0.586. The smallest absolute Gasteiger partial charge is 0.251 e. The molecule has 0 spiro atoms. The Balaban J connectivity index is 1.37. The SMILES string of the molecule is CNC(=O)c1cc(COc2cnc(Nc3ccc(N4CCNC(C)(C)C4)cc3)nc2)c(F)c(OC)c1. The van der Waals surface area contributed by atoms with E-state index in [1.807, 2.05) is 12.1 Å². The number of halogens is 1. The van der Waals surface area contributed by atoms with Crippen LogP contribution in [0.2, 0.25) is 0 Å². The van der Waals surface area contributed by atoms with Gasteiger partial charge in [-0.25, -0.2) is 14.4 Å². The second-order valence-electron chi connectivity index (χ2n) is 9.17. The third-order valence-electron chi connectivity index (χ3n) is 5.91. The molecule has 0 radical (unpaired) electrons. The van der Waals surface area contributed by atoms with Gasteiger partial charge in [-0.15, -0.1) is 0 Å². The third kappa shape index (κ3) is 6.01. The van der Waals surface area contributed by atoms with Crippen molar-refractivity contribution < 1.29 is 18.7 Å². The van der Waals surface area contributed by atoms with Gasteiger partial charge in [0.1, 0.15) is 6.61 Å². The second-order valence-corrected chi connectivity index (χ2v) is 9.17. The maximum atomic E-state index is 14.6. The molecular formula is C26H31FN6O3. The predicted octanol–water partition coefficient (Wildman–Crippen LogP) is 3.49. The lowest BCUT2D eigenvalue weighted by Crippen LogP contribution is -2.57. The van der Waals surface area contributed by atoms with Crippen molar-refractivity contribution in [3.63, 3.8) is 0 Å². The van der Waals surface area contributed by atoms with Gasteiger partial charge < -0.3 is 30.3 Å². The number of carbonyl (C=O) groups excluding carboxylic acids is 1. The van der Waals surface area contributed by atoms with Crippen molar-refractivity contribution in [3.05, 3.63) is 65.7 Å². The van der Waals surface area contributed by atoms with Crippen LogP contribution in [-0.4, -0.2) is 55.2 Å². The Kier molecular flexibility index (Phi) is 7.54. The van der Waals surface area contributed by atoms with E-state index in [1.165, 1.54) is 44.4 Å². The van der Waals surface area contributed by atoms with E-state index in [0.29, 0.717) is 11.7 Å². The minimum absolute atomic E-state index is 0.0304. The molecule has 1 amide bonds. The zero-order chi connectivity index (χ0) is 25.7. The molecule has 1 aliphatic heterocycles. The number of anilines is 3. The maximum Gasteiger partial charge on any atom is 0.251 e. The van der Waals surface area contributed by atoms with Crippen molar-refractivity contribution in [2.24, 2.45) is 0 Å². The first-order valence-electron chi connectivity index (χ1n) is 11.7. The molecular weight excluding hydrogens is 463 g/mol. The van der Waals surface area contributed by atoms with Crippen molar-refractivity contribution >= 4 is 23.2 Å². The highest BCUT2D eigenvalue weighted by Gasteiger charge is 2.25. The number of rotatable bonds is 8. The van der Waals surface area contributed by atoms with E-state index in [-0.39, 0.29) is 34.9 Å². The molecule has 9 nitrogen and oxygen atoms in total. The van der Waals surface area contributed by atoms with Gasteiger partial charge in [0.15, 0.2) is 17.3 Å².